The van der Waals surface area contributed by atoms with Gasteiger partial charge in [-0.3, -0.25) is 9.88 Å². The summed E-state index contributed by atoms with van der Waals surface area (Å²) in [6.45, 7) is 13.6. The molecule has 1 aliphatic rings. The highest BCUT2D eigenvalue weighted by Gasteiger charge is 2.46. The lowest BCUT2D eigenvalue weighted by Gasteiger charge is -2.40. The second-order valence-corrected chi connectivity index (χ2v) is 9.70. The van der Waals surface area contributed by atoms with Crippen LogP contribution in [-0.2, 0) is 16.7 Å². The van der Waals surface area contributed by atoms with E-state index in [1.807, 2.05) is 19.2 Å². The van der Waals surface area contributed by atoms with Crippen LogP contribution in [0.1, 0.15) is 56.7 Å². The standard InChI is InChI=1S/C23H33FN2OS/c1-6-27-18(3)23(12-11-20-9-10-21(24)28-20)13-14-26(16-23)22(4,5)19-8-7-17(2)25-15-19/h7-10,15,18H,6,11-14,16H2,1-5H3/t18-,23-/m1/s1. The van der Waals surface area contributed by atoms with Crippen LogP contribution in [0.3, 0.4) is 0 Å². The minimum absolute atomic E-state index is 0.0799. The largest absolute Gasteiger partial charge is 0.378 e. The van der Waals surface area contributed by atoms with Crippen molar-refractivity contribution < 1.29 is 9.13 Å². The summed E-state index contributed by atoms with van der Waals surface area (Å²) >= 11 is 1.27. The molecule has 0 unspecified atom stereocenters. The topological polar surface area (TPSA) is 25.4 Å². The fraction of sp³-hybridized carbons (Fsp3) is 0.609. The van der Waals surface area contributed by atoms with E-state index in [9.17, 15) is 4.39 Å². The Bertz CT molecular complexity index is 773. The molecule has 0 amide bonds. The Morgan fingerprint density at radius 1 is 1.32 bits per heavy atom. The molecule has 154 valence electrons. The molecule has 0 aromatic carbocycles. The first-order valence-corrected chi connectivity index (χ1v) is 11.1. The molecule has 28 heavy (non-hydrogen) atoms. The Balaban J connectivity index is 1.78. The minimum atomic E-state index is -0.0945. The lowest BCUT2D eigenvalue weighted by Crippen LogP contribution is -2.44. The van der Waals surface area contributed by atoms with Gasteiger partial charge in [0.05, 0.1) is 6.10 Å². The number of aromatic nitrogens is 1. The van der Waals surface area contributed by atoms with Crippen LogP contribution in [0.2, 0.25) is 0 Å². The van der Waals surface area contributed by atoms with Crippen molar-refractivity contribution in [3.05, 3.63) is 51.7 Å². The van der Waals surface area contributed by atoms with E-state index in [1.165, 1.54) is 16.9 Å². The zero-order valence-corrected chi connectivity index (χ0v) is 18.6. The maximum Gasteiger partial charge on any atom is 0.176 e. The molecule has 0 saturated carbocycles. The van der Waals surface area contributed by atoms with E-state index < -0.39 is 0 Å². The molecule has 1 fully saturated rings. The first kappa shape index (κ1) is 21.4. The molecule has 0 radical (unpaired) electrons. The van der Waals surface area contributed by atoms with Crippen molar-refractivity contribution >= 4 is 11.3 Å². The highest BCUT2D eigenvalue weighted by molar-refractivity contribution is 7.10. The van der Waals surface area contributed by atoms with Gasteiger partial charge in [-0.05, 0) is 84.2 Å². The van der Waals surface area contributed by atoms with Crippen LogP contribution in [0.15, 0.2) is 30.5 Å². The number of rotatable bonds is 8. The molecule has 0 bridgehead atoms. The Labute approximate surface area is 172 Å². The number of hydrogen-bond donors (Lipinski definition) is 0. The van der Waals surface area contributed by atoms with Crippen LogP contribution in [0.25, 0.3) is 0 Å². The van der Waals surface area contributed by atoms with Gasteiger partial charge < -0.3 is 4.74 Å². The summed E-state index contributed by atoms with van der Waals surface area (Å²) in [4.78, 5) is 8.21. The van der Waals surface area contributed by atoms with Gasteiger partial charge in [-0.1, -0.05) is 6.07 Å². The first-order chi connectivity index (χ1) is 13.3. The Morgan fingerprint density at radius 2 is 2.11 bits per heavy atom. The van der Waals surface area contributed by atoms with Gasteiger partial charge in [-0.25, -0.2) is 0 Å². The monoisotopic (exact) mass is 404 g/mol. The fourth-order valence-corrected chi connectivity index (χ4v) is 5.14. The molecule has 2 aromatic heterocycles. The summed E-state index contributed by atoms with van der Waals surface area (Å²) in [5, 5.41) is -0.0945. The maximum atomic E-state index is 13.4. The van der Waals surface area contributed by atoms with E-state index in [4.69, 9.17) is 4.74 Å². The molecule has 3 nitrogen and oxygen atoms in total. The zero-order valence-electron chi connectivity index (χ0n) is 17.8. The average Bonchev–Trinajstić information content (AvgIpc) is 3.28. The number of hydrogen-bond acceptors (Lipinski definition) is 4. The Hall–Kier alpha value is -1.30. The zero-order chi connectivity index (χ0) is 20.4. The average molecular weight is 405 g/mol. The van der Waals surface area contributed by atoms with Gasteiger partial charge in [0.15, 0.2) is 5.13 Å². The number of nitrogens with zero attached hydrogens (tertiary/aromatic N) is 2. The van der Waals surface area contributed by atoms with Gasteiger partial charge >= 0.3 is 0 Å². The van der Waals surface area contributed by atoms with Gasteiger partial charge in [-0.15, -0.1) is 11.3 Å². The van der Waals surface area contributed by atoms with Gasteiger partial charge in [-0.2, -0.15) is 4.39 Å². The van der Waals surface area contributed by atoms with Gasteiger partial charge in [0.2, 0.25) is 0 Å². The van der Waals surface area contributed by atoms with Crippen molar-refractivity contribution in [3.8, 4) is 0 Å². The van der Waals surface area contributed by atoms with Gasteiger partial charge in [0.1, 0.15) is 0 Å². The molecule has 3 heterocycles. The minimum Gasteiger partial charge on any atom is -0.378 e. The quantitative estimate of drug-likeness (QED) is 0.575. The number of pyridine rings is 1. The normalized spacial score (nSPS) is 21.9. The maximum absolute atomic E-state index is 13.4. The SMILES string of the molecule is CCO[C@H](C)[C@]1(CCc2ccc(F)s2)CCN(C(C)(C)c2ccc(C)nc2)C1. The molecule has 1 saturated heterocycles. The molecule has 5 heteroatoms. The number of likely N-dealkylation sites (tertiary alicyclic amines) is 1. The smallest absolute Gasteiger partial charge is 0.176 e. The van der Waals surface area contributed by atoms with Crippen molar-refractivity contribution in [2.75, 3.05) is 19.7 Å². The molecular formula is C23H33FN2OS. The van der Waals surface area contributed by atoms with E-state index in [-0.39, 0.29) is 22.2 Å². The summed E-state index contributed by atoms with van der Waals surface area (Å²) in [5.74, 6) is 0. The predicted molar refractivity (Wildman–Crippen MR) is 114 cm³/mol. The second kappa shape index (κ2) is 8.60. The Kier molecular flexibility index (Phi) is 6.58. The van der Waals surface area contributed by atoms with Crippen molar-refractivity contribution in [2.45, 2.75) is 65.5 Å². The number of thiophene rings is 1. The molecule has 1 aliphatic heterocycles. The van der Waals surface area contributed by atoms with Crippen LogP contribution in [0.5, 0.6) is 0 Å². The van der Waals surface area contributed by atoms with E-state index in [0.717, 1.165) is 49.5 Å². The van der Waals surface area contributed by atoms with Crippen LogP contribution in [0.4, 0.5) is 4.39 Å². The van der Waals surface area contributed by atoms with Crippen LogP contribution < -0.4 is 0 Å². The summed E-state index contributed by atoms with van der Waals surface area (Å²) in [6, 6.07) is 7.79. The number of ether oxygens (including phenoxy) is 1. The first-order valence-electron chi connectivity index (χ1n) is 10.3. The van der Waals surface area contributed by atoms with E-state index >= 15 is 0 Å². The third kappa shape index (κ3) is 4.47. The molecule has 0 N–H and O–H groups in total. The third-order valence-electron chi connectivity index (χ3n) is 6.57. The van der Waals surface area contributed by atoms with Crippen molar-refractivity contribution in [3.63, 3.8) is 0 Å². The van der Waals surface area contributed by atoms with Gasteiger partial charge in [0.25, 0.3) is 0 Å². The van der Waals surface area contributed by atoms with E-state index in [0.29, 0.717) is 0 Å². The van der Waals surface area contributed by atoms with Crippen molar-refractivity contribution in [1.29, 1.82) is 0 Å². The van der Waals surface area contributed by atoms with Crippen LogP contribution in [-0.4, -0.2) is 35.7 Å². The summed E-state index contributed by atoms with van der Waals surface area (Å²) in [7, 11) is 0. The Morgan fingerprint density at radius 3 is 2.71 bits per heavy atom. The molecule has 3 rings (SSSR count). The highest BCUT2D eigenvalue weighted by atomic mass is 32.1. The second-order valence-electron chi connectivity index (χ2n) is 8.58. The van der Waals surface area contributed by atoms with Crippen molar-refractivity contribution in [2.24, 2.45) is 5.41 Å². The molecule has 2 aromatic rings. The lowest BCUT2D eigenvalue weighted by molar-refractivity contribution is -0.0291. The molecule has 0 aliphatic carbocycles. The summed E-state index contributed by atoms with van der Waals surface area (Å²) in [6.07, 6.45) is 5.22. The molecule has 2 atom stereocenters. The van der Waals surface area contributed by atoms with E-state index in [2.05, 4.69) is 49.7 Å². The van der Waals surface area contributed by atoms with Gasteiger partial charge in [0, 0.05) is 40.9 Å². The number of aryl methyl sites for hydroxylation is 2. The van der Waals surface area contributed by atoms with E-state index in [1.54, 1.807) is 6.07 Å². The predicted octanol–water partition coefficient (Wildman–Crippen LogP) is 5.58. The molecule has 0 spiro atoms. The summed E-state index contributed by atoms with van der Waals surface area (Å²) < 4.78 is 19.5. The number of halogens is 1. The fourth-order valence-electron chi connectivity index (χ4n) is 4.41. The van der Waals surface area contributed by atoms with Crippen molar-refractivity contribution in [1.82, 2.24) is 9.88 Å². The lowest BCUT2D eigenvalue weighted by atomic mass is 9.77. The van der Waals surface area contributed by atoms with Crippen LogP contribution in [0, 0.1) is 17.5 Å². The highest BCUT2D eigenvalue weighted by Crippen LogP contribution is 2.44. The van der Waals surface area contributed by atoms with Crippen LogP contribution >= 0.6 is 11.3 Å². The third-order valence-corrected chi connectivity index (χ3v) is 7.50. The molecular weight excluding hydrogens is 371 g/mol. The summed E-state index contributed by atoms with van der Waals surface area (Å²) in [5.41, 5.74) is 2.30.